The molecule has 0 spiro atoms. The molecule has 3 heterocycles. The quantitative estimate of drug-likeness (QED) is 0.817. The van der Waals surface area contributed by atoms with Gasteiger partial charge in [-0.2, -0.15) is 0 Å². The highest BCUT2D eigenvalue weighted by Gasteiger charge is 2.25. The number of hydrogen-bond acceptors (Lipinski definition) is 3. The summed E-state index contributed by atoms with van der Waals surface area (Å²) < 4.78 is 1.95. The minimum Gasteiger partial charge on any atom is -0.331 e. The third kappa shape index (κ3) is 1.67. The second kappa shape index (κ2) is 4.42. The highest BCUT2D eigenvalue weighted by molar-refractivity contribution is 5.94. The molecule has 0 aliphatic carbocycles. The van der Waals surface area contributed by atoms with Crippen LogP contribution in [0.4, 0.5) is 0 Å². The Morgan fingerprint density at radius 3 is 3.06 bits per heavy atom. The van der Waals surface area contributed by atoms with Crippen molar-refractivity contribution < 1.29 is 4.79 Å². The van der Waals surface area contributed by atoms with Gasteiger partial charge in [0.15, 0.2) is 0 Å². The van der Waals surface area contributed by atoms with E-state index in [1.807, 2.05) is 27.5 Å². The summed E-state index contributed by atoms with van der Waals surface area (Å²) in [5.41, 5.74) is 8.11. The molecule has 94 valence electrons. The van der Waals surface area contributed by atoms with Gasteiger partial charge in [-0.25, -0.2) is 4.98 Å². The lowest BCUT2D eigenvalue weighted by atomic mass is 10.2. The van der Waals surface area contributed by atoms with E-state index in [1.54, 1.807) is 6.20 Å². The zero-order valence-electron chi connectivity index (χ0n) is 10.2. The van der Waals surface area contributed by atoms with Crippen molar-refractivity contribution in [1.82, 2.24) is 14.3 Å². The summed E-state index contributed by atoms with van der Waals surface area (Å²) in [4.78, 5) is 18.4. The molecule has 1 amide bonds. The molecule has 0 atom stereocenters. The lowest BCUT2D eigenvalue weighted by Gasteiger charge is -2.27. The zero-order valence-corrected chi connectivity index (χ0v) is 10.2. The summed E-state index contributed by atoms with van der Waals surface area (Å²) >= 11 is 0. The number of nitrogens with zero attached hydrogens (tertiary/aromatic N) is 3. The SMILES string of the molecule is NCCCCN1Cc2cccc3ncc(n23)C1=O. The normalized spacial score (nSPS) is 14.5. The van der Waals surface area contributed by atoms with Crippen molar-refractivity contribution in [1.29, 1.82) is 0 Å². The summed E-state index contributed by atoms with van der Waals surface area (Å²) in [7, 11) is 0. The third-order valence-corrected chi connectivity index (χ3v) is 3.35. The first-order valence-electron chi connectivity index (χ1n) is 6.26. The van der Waals surface area contributed by atoms with E-state index < -0.39 is 0 Å². The number of nitrogens with two attached hydrogens (primary N) is 1. The molecule has 1 aliphatic rings. The van der Waals surface area contributed by atoms with Crippen molar-refractivity contribution in [3.8, 4) is 0 Å². The number of imidazole rings is 1. The second-order valence-electron chi connectivity index (χ2n) is 4.58. The molecule has 0 saturated heterocycles. The van der Waals surface area contributed by atoms with Crippen LogP contribution in [0.3, 0.4) is 0 Å². The molecule has 18 heavy (non-hydrogen) atoms. The molecule has 2 aromatic heterocycles. The fraction of sp³-hybridized carbons (Fsp3) is 0.385. The van der Waals surface area contributed by atoms with E-state index in [0.717, 1.165) is 30.7 Å². The molecule has 2 aromatic rings. The lowest BCUT2D eigenvalue weighted by Crippen LogP contribution is -2.37. The maximum absolute atomic E-state index is 12.3. The molecule has 1 aliphatic heterocycles. The first-order chi connectivity index (χ1) is 8.81. The maximum Gasteiger partial charge on any atom is 0.272 e. The van der Waals surface area contributed by atoms with Crippen molar-refractivity contribution in [3.05, 3.63) is 35.8 Å². The van der Waals surface area contributed by atoms with Gasteiger partial charge in [0.2, 0.25) is 0 Å². The Hall–Kier alpha value is -1.88. The monoisotopic (exact) mass is 244 g/mol. The van der Waals surface area contributed by atoms with Crippen LogP contribution >= 0.6 is 0 Å². The summed E-state index contributed by atoms with van der Waals surface area (Å²) in [5.74, 6) is 0.0678. The number of aromatic nitrogens is 2. The molecule has 0 fully saturated rings. The summed E-state index contributed by atoms with van der Waals surface area (Å²) in [6.07, 6.45) is 3.57. The fourth-order valence-corrected chi connectivity index (χ4v) is 2.44. The number of rotatable bonds is 4. The number of hydrogen-bond donors (Lipinski definition) is 1. The van der Waals surface area contributed by atoms with Gasteiger partial charge in [-0.05, 0) is 31.5 Å². The van der Waals surface area contributed by atoms with Crippen molar-refractivity contribution in [2.24, 2.45) is 5.73 Å². The first-order valence-corrected chi connectivity index (χ1v) is 6.26. The Balaban J connectivity index is 1.91. The molecule has 0 aromatic carbocycles. The Labute approximate surface area is 105 Å². The minimum atomic E-state index is 0.0678. The summed E-state index contributed by atoms with van der Waals surface area (Å²) in [6, 6.07) is 5.94. The van der Waals surface area contributed by atoms with Crippen LogP contribution in [-0.2, 0) is 6.54 Å². The molecule has 5 heteroatoms. The smallest absolute Gasteiger partial charge is 0.272 e. The van der Waals surface area contributed by atoms with Gasteiger partial charge in [0, 0.05) is 12.2 Å². The second-order valence-corrected chi connectivity index (χ2v) is 4.58. The Kier molecular flexibility index (Phi) is 2.76. The van der Waals surface area contributed by atoms with Crippen LogP contribution in [0.5, 0.6) is 0 Å². The molecule has 3 rings (SSSR count). The van der Waals surface area contributed by atoms with Gasteiger partial charge in [-0.3, -0.25) is 9.20 Å². The van der Waals surface area contributed by atoms with Crippen LogP contribution in [0.25, 0.3) is 5.65 Å². The molecule has 0 bridgehead atoms. The number of amides is 1. The van der Waals surface area contributed by atoms with Crippen molar-refractivity contribution in [3.63, 3.8) is 0 Å². The van der Waals surface area contributed by atoms with Crippen molar-refractivity contribution in [2.75, 3.05) is 13.1 Å². The van der Waals surface area contributed by atoms with Gasteiger partial charge in [0.25, 0.3) is 5.91 Å². The van der Waals surface area contributed by atoms with Crippen LogP contribution in [0.2, 0.25) is 0 Å². The standard InChI is InChI=1S/C13H16N4O/c14-6-1-2-7-16-9-10-4-3-5-12-15-8-11(13(16)18)17(10)12/h3-5,8H,1-2,6-7,9,14H2. The van der Waals surface area contributed by atoms with Crippen LogP contribution < -0.4 is 5.73 Å². The molecule has 0 radical (unpaired) electrons. The average molecular weight is 244 g/mol. The van der Waals surface area contributed by atoms with Crippen LogP contribution in [0.15, 0.2) is 24.4 Å². The van der Waals surface area contributed by atoms with Crippen molar-refractivity contribution in [2.45, 2.75) is 19.4 Å². The predicted molar refractivity (Wildman–Crippen MR) is 68.2 cm³/mol. The predicted octanol–water partition coefficient (Wildman–Crippen LogP) is 1.03. The topological polar surface area (TPSA) is 63.6 Å². The van der Waals surface area contributed by atoms with Crippen LogP contribution in [-0.4, -0.2) is 33.3 Å². The fourth-order valence-electron chi connectivity index (χ4n) is 2.44. The molecule has 5 nitrogen and oxygen atoms in total. The van der Waals surface area contributed by atoms with Gasteiger partial charge >= 0.3 is 0 Å². The third-order valence-electron chi connectivity index (χ3n) is 3.35. The van der Waals surface area contributed by atoms with E-state index in [-0.39, 0.29) is 5.91 Å². The number of carbonyl (C=O) groups excluding carboxylic acids is 1. The molecular weight excluding hydrogens is 228 g/mol. The van der Waals surface area contributed by atoms with E-state index in [0.29, 0.717) is 18.8 Å². The lowest BCUT2D eigenvalue weighted by molar-refractivity contribution is 0.0712. The number of unbranched alkanes of at least 4 members (excludes halogenated alkanes) is 1. The largest absolute Gasteiger partial charge is 0.331 e. The highest BCUT2D eigenvalue weighted by atomic mass is 16.2. The molecule has 0 saturated carbocycles. The average Bonchev–Trinajstić information content (AvgIpc) is 2.81. The molecule has 0 unspecified atom stereocenters. The van der Waals surface area contributed by atoms with E-state index in [4.69, 9.17) is 5.73 Å². The molecule has 2 N–H and O–H groups in total. The van der Waals surface area contributed by atoms with Crippen LogP contribution in [0.1, 0.15) is 29.0 Å². The highest BCUT2D eigenvalue weighted by Crippen LogP contribution is 2.20. The first kappa shape index (κ1) is 11.2. The Morgan fingerprint density at radius 2 is 2.22 bits per heavy atom. The summed E-state index contributed by atoms with van der Waals surface area (Å²) in [6.45, 7) is 2.09. The van der Waals surface area contributed by atoms with Crippen LogP contribution in [0, 0.1) is 0 Å². The van der Waals surface area contributed by atoms with Crippen molar-refractivity contribution >= 4 is 11.6 Å². The van der Waals surface area contributed by atoms with Gasteiger partial charge in [0.05, 0.1) is 12.7 Å². The number of pyridine rings is 1. The van der Waals surface area contributed by atoms with Gasteiger partial charge in [-0.1, -0.05) is 6.07 Å². The minimum absolute atomic E-state index is 0.0678. The van der Waals surface area contributed by atoms with Gasteiger partial charge in [0.1, 0.15) is 11.3 Å². The van der Waals surface area contributed by atoms with Gasteiger partial charge in [-0.15, -0.1) is 0 Å². The van der Waals surface area contributed by atoms with Gasteiger partial charge < -0.3 is 10.6 Å². The van der Waals surface area contributed by atoms with E-state index in [9.17, 15) is 4.79 Å². The zero-order chi connectivity index (χ0) is 12.5. The van der Waals surface area contributed by atoms with E-state index >= 15 is 0 Å². The van der Waals surface area contributed by atoms with E-state index in [1.165, 1.54) is 0 Å². The number of carbonyl (C=O) groups is 1. The van der Waals surface area contributed by atoms with E-state index in [2.05, 4.69) is 4.98 Å². The Morgan fingerprint density at radius 1 is 1.33 bits per heavy atom. The maximum atomic E-state index is 12.3. The summed E-state index contributed by atoms with van der Waals surface area (Å²) in [5, 5.41) is 0. The Bertz CT molecular complexity index is 590. The molecular formula is C13H16N4O.